The van der Waals surface area contributed by atoms with Crippen LogP contribution >= 0.6 is 0 Å². The van der Waals surface area contributed by atoms with Crippen molar-refractivity contribution in [2.24, 2.45) is 0 Å². The third-order valence-electron chi connectivity index (χ3n) is 3.07. The molecule has 0 unspecified atom stereocenters. The van der Waals surface area contributed by atoms with E-state index < -0.39 is 0 Å². The van der Waals surface area contributed by atoms with E-state index in [0.29, 0.717) is 12.2 Å². The standard InChI is InChI=1S/C16H19N3O/c1-12-4-3-5-13(10-12)8-9-18-16(20)15-7-6-14(17-2)11-19-15/h3-7,10-11,17H,8-9H2,1-2H3,(H,18,20). The average Bonchev–Trinajstić information content (AvgIpc) is 2.47. The number of amides is 1. The van der Waals surface area contributed by atoms with Crippen LogP contribution in [0.4, 0.5) is 5.69 Å². The molecule has 2 rings (SSSR count). The maximum atomic E-state index is 11.9. The van der Waals surface area contributed by atoms with Crippen molar-refractivity contribution in [3.63, 3.8) is 0 Å². The van der Waals surface area contributed by atoms with E-state index in [-0.39, 0.29) is 5.91 Å². The lowest BCUT2D eigenvalue weighted by atomic mass is 10.1. The summed E-state index contributed by atoms with van der Waals surface area (Å²) in [6.07, 6.45) is 2.47. The molecule has 0 aliphatic carbocycles. The molecular formula is C16H19N3O. The van der Waals surface area contributed by atoms with Gasteiger partial charge in [0, 0.05) is 13.6 Å². The molecule has 0 atom stereocenters. The molecule has 0 aliphatic heterocycles. The van der Waals surface area contributed by atoms with Crippen molar-refractivity contribution < 1.29 is 4.79 Å². The molecule has 2 N–H and O–H groups in total. The van der Waals surface area contributed by atoms with Gasteiger partial charge in [-0.1, -0.05) is 29.8 Å². The lowest BCUT2D eigenvalue weighted by Gasteiger charge is -2.06. The van der Waals surface area contributed by atoms with Gasteiger partial charge in [-0.2, -0.15) is 0 Å². The van der Waals surface area contributed by atoms with Gasteiger partial charge in [0.2, 0.25) is 0 Å². The van der Waals surface area contributed by atoms with Gasteiger partial charge >= 0.3 is 0 Å². The largest absolute Gasteiger partial charge is 0.387 e. The summed E-state index contributed by atoms with van der Waals surface area (Å²) >= 11 is 0. The maximum Gasteiger partial charge on any atom is 0.269 e. The summed E-state index contributed by atoms with van der Waals surface area (Å²) in [5.74, 6) is -0.139. The Kier molecular flexibility index (Phi) is 4.71. The minimum absolute atomic E-state index is 0.139. The average molecular weight is 269 g/mol. The molecule has 1 amide bonds. The molecule has 0 saturated heterocycles. The molecule has 0 spiro atoms. The third-order valence-corrected chi connectivity index (χ3v) is 3.07. The number of rotatable bonds is 5. The normalized spacial score (nSPS) is 10.1. The minimum Gasteiger partial charge on any atom is -0.387 e. The summed E-state index contributed by atoms with van der Waals surface area (Å²) in [6, 6.07) is 11.8. The van der Waals surface area contributed by atoms with E-state index in [4.69, 9.17) is 0 Å². The first-order valence-corrected chi connectivity index (χ1v) is 6.66. The molecule has 2 aromatic rings. The van der Waals surface area contributed by atoms with E-state index in [9.17, 15) is 4.79 Å². The number of pyridine rings is 1. The number of nitrogens with one attached hydrogen (secondary N) is 2. The minimum atomic E-state index is -0.139. The van der Waals surface area contributed by atoms with Crippen molar-refractivity contribution in [1.82, 2.24) is 10.3 Å². The lowest BCUT2D eigenvalue weighted by Crippen LogP contribution is -2.26. The fourth-order valence-electron chi connectivity index (χ4n) is 1.95. The van der Waals surface area contributed by atoms with Crippen LogP contribution in [0.25, 0.3) is 0 Å². The summed E-state index contributed by atoms with van der Waals surface area (Å²) in [6.45, 7) is 2.67. The van der Waals surface area contributed by atoms with Crippen molar-refractivity contribution >= 4 is 11.6 Å². The van der Waals surface area contributed by atoms with Crippen LogP contribution in [0.1, 0.15) is 21.6 Å². The van der Waals surface area contributed by atoms with Crippen LogP contribution in [-0.2, 0) is 6.42 Å². The van der Waals surface area contributed by atoms with Gasteiger partial charge < -0.3 is 10.6 Å². The summed E-state index contributed by atoms with van der Waals surface area (Å²) in [4.78, 5) is 16.0. The highest BCUT2D eigenvalue weighted by Gasteiger charge is 2.06. The highest BCUT2D eigenvalue weighted by molar-refractivity contribution is 5.92. The fraction of sp³-hybridized carbons (Fsp3) is 0.250. The van der Waals surface area contributed by atoms with Crippen LogP contribution in [0.15, 0.2) is 42.6 Å². The zero-order valence-corrected chi connectivity index (χ0v) is 11.8. The SMILES string of the molecule is CNc1ccc(C(=O)NCCc2cccc(C)c2)nc1. The van der Waals surface area contributed by atoms with Crippen molar-refractivity contribution in [3.8, 4) is 0 Å². The Morgan fingerprint density at radius 3 is 2.75 bits per heavy atom. The van der Waals surface area contributed by atoms with Gasteiger partial charge in [-0.3, -0.25) is 4.79 Å². The number of anilines is 1. The Morgan fingerprint density at radius 1 is 1.25 bits per heavy atom. The number of hydrogen-bond donors (Lipinski definition) is 2. The molecule has 0 radical (unpaired) electrons. The van der Waals surface area contributed by atoms with Gasteiger partial charge in [-0.25, -0.2) is 4.98 Å². The van der Waals surface area contributed by atoms with Gasteiger partial charge in [0.15, 0.2) is 0 Å². The number of aromatic nitrogens is 1. The highest BCUT2D eigenvalue weighted by Crippen LogP contribution is 2.06. The summed E-state index contributed by atoms with van der Waals surface area (Å²) < 4.78 is 0. The third kappa shape index (κ3) is 3.82. The first-order valence-electron chi connectivity index (χ1n) is 6.66. The van der Waals surface area contributed by atoms with E-state index >= 15 is 0 Å². The Morgan fingerprint density at radius 2 is 2.10 bits per heavy atom. The second-order valence-electron chi connectivity index (χ2n) is 4.68. The Balaban J connectivity index is 1.85. The highest BCUT2D eigenvalue weighted by atomic mass is 16.1. The maximum absolute atomic E-state index is 11.9. The van der Waals surface area contributed by atoms with Gasteiger partial charge in [-0.05, 0) is 31.0 Å². The number of aryl methyl sites for hydroxylation is 1. The number of carbonyl (C=O) groups is 1. The molecular weight excluding hydrogens is 250 g/mol. The second-order valence-corrected chi connectivity index (χ2v) is 4.68. The number of hydrogen-bond acceptors (Lipinski definition) is 3. The molecule has 0 aliphatic rings. The van der Waals surface area contributed by atoms with E-state index in [2.05, 4.69) is 40.7 Å². The quantitative estimate of drug-likeness (QED) is 0.876. The number of carbonyl (C=O) groups excluding carboxylic acids is 1. The molecule has 1 aromatic heterocycles. The Labute approximate surface area is 119 Å². The lowest BCUT2D eigenvalue weighted by molar-refractivity contribution is 0.0949. The molecule has 104 valence electrons. The van der Waals surface area contributed by atoms with E-state index in [1.807, 2.05) is 19.2 Å². The molecule has 0 saturated carbocycles. The van der Waals surface area contributed by atoms with Crippen molar-refractivity contribution in [1.29, 1.82) is 0 Å². The Hall–Kier alpha value is -2.36. The second kappa shape index (κ2) is 6.70. The van der Waals surface area contributed by atoms with Crippen LogP contribution in [0.5, 0.6) is 0 Å². The predicted molar refractivity (Wildman–Crippen MR) is 81.0 cm³/mol. The summed E-state index contributed by atoms with van der Waals surface area (Å²) in [5, 5.41) is 5.85. The molecule has 20 heavy (non-hydrogen) atoms. The topological polar surface area (TPSA) is 54.0 Å². The van der Waals surface area contributed by atoms with Gasteiger partial charge in [0.05, 0.1) is 11.9 Å². The monoisotopic (exact) mass is 269 g/mol. The molecule has 4 heteroatoms. The van der Waals surface area contributed by atoms with Crippen molar-refractivity contribution in [2.45, 2.75) is 13.3 Å². The zero-order valence-electron chi connectivity index (χ0n) is 11.8. The fourth-order valence-corrected chi connectivity index (χ4v) is 1.95. The van der Waals surface area contributed by atoms with Crippen molar-refractivity contribution in [3.05, 3.63) is 59.4 Å². The van der Waals surface area contributed by atoms with Crippen LogP contribution in [-0.4, -0.2) is 24.5 Å². The van der Waals surface area contributed by atoms with Crippen molar-refractivity contribution in [2.75, 3.05) is 18.9 Å². The first-order chi connectivity index (χ1) is 9.69. The number of nitrogens with zero attached hydrogens (tertiary/aromatic N) is 1. The number of benzene rings is 1. The molecule has 1 heterocycles. The van der Waals surface area contributed by atoms with Crippen LogP contribution in [0, 0.1) is 6.92 Å². The predicted octanol–water partition coefficient (Wildman–Crippen LogP) is 2.40. The van der Waals surface area contributed by atoms with E-state index in [0.717, 1.165) is 12.1 Å². The molecule has 1 aromatic carbocycles. The van der Waals surface area contributed by atoms with E-state index in [1.165, 1.54) is 11.1 Å². The van der Waals surface area contributed by atoms with Crippen LogP contribution in [0.3, 0.4) is 0 Å². The van der Waals surface area contributed by atoms with Gasteiger partial charge in [0.1, 0.15) is 5.69 Å². The summed E-state index contributed by atoms with van der Waals surface area (Å²) in [5.41, 5.74) is 3.79. The molecule has 0 fully saturated rings. The summed E-state index contributed by atoms with van der Waals surface area (Å²) in [7, 11) is 1.82. The smallest absolute Gasteiger partial charge is 0.269 e. The Bertz CT molecular complexity index is 579. The van der Waals surface area contributed by atoms with E-state index in [1.54, 1.807) is 12.3 Å². The first kappa shape index (κ1) is 14.1. The molecule has 0 bridgehead atoms. The van der Waals surface area contributed by atoms with Gasteiger partial charge in [0.25, 0.3) is 5.91 Å². The zero-order chi connectivity index (χ0) is 14.4. The van der Waals surface area contributed by atoms with Crippen LogP contribution in [0.2, 0.25) is 0 Å². The van der Waals surface area contributed by atoms with Crippen LogP contribution < -0.4 is 10.6 Å². The van der Waals surface area contributed by atoms with Gasteiger partial charge in [-0.15, -0.1) is 0 Å². The molecule has 4 nitrogen and oxygen atoms in total.